The summed E-state index contributed by atoms with van der Waals surface area (Å²) in [6.45, 7) is 7.88. The number of aryl methyl sites for hydroxylation is 1. The molecule has 0 radical (unpaired) electrons. The summed E-state index contributed by atoms with van der Waals surface area (Å²) in [5, 5.41) is 2.98. The van der Waals surface area contributed by atoms with Gasteiger partial charge in [-0.15, -0.1) is 0 Å². The Morgan fingerprint density at radius 3 is 2.94 bits per heavy atom. The van der Waals surface area contributed by atoms with Crippen LogP contribution in [-0.4, -0.2) is 19.0 Å². The van der Waals surface area contributed by atoms with Crippen molar-refractivity contribution in [2.75, 3.05) is 23.3 Å². The Balaban J connectivity index is 2.46. The van der Waals surface area contributed by atoms with Gasteiger partial charge in [-0.3, -0.25) is 4.79 Å². The lowest BCUT2D eigenvalue weighted by Crippen LogP contribution is -2.30. The predicted octanol–water partition coefficient (Wildman–Crippen LogP) is 2.41. The third-order valence-electron chi connectivity index (χ3n) is 3.08. The summed E-state index contributed by atoms with van der Waals surface area (Å²) >= 11 is 0. The highest BCUT2D eigenvalue weighted by atomic mass is 16.1. The van der Waals surface area contributed by atoms with E-state index in [0.29, 0.717) is 0 Å². The van der Waals surface area contributed by atoms with Crippen molar-refractivity contribution in [3.63, 3.8) is 0 Å². The molecule has 1 aromatic carbocycles. The lowest BCUT2D eigenvalue weighted by atomic mass is 10.1. The van der Waals surface area contributed by atoms with Crippen molar-refractivity contribution in [2.24, 2.45) is 5.92 Å². The molecule has 1 atom stereocenters. The fraction of sp³-hybridized carbons (Fsp3) is 0.462. The second-order valence-electron chi connectivity index (χ2n) is 4.45. The zero-order chi connectivity index (χ0) is 11.7. The second kappa shape index (κ2) is 4.16. The molecule has 2 rings (SSSR count). The molecule has 3 nitrogen and oxygen atoms in total. The summed E-state index contributed by atoms with van der Waals surface area (Å²) < 4.78 is 0. The van der Waals surface area contributed by atoms with E-state index in [0.717, 1.165) is 24.5 Å². The summed E-state index contributed by atoms with van der Waals surface area (Å²) in [6, 6.07) is 6.16. The van der Waals surface area contributed by atoms with Gasteiger partial charge in [-0.1, -0.05) is 13.0 Å². The zero-order valence-corrected chi connectivity index (χ0v) is 10.1. The van der Waals surface area contributed by atoms with E-state index in [9.17, 15) is 4.79 Å². The zero-order valence-electron chi connectivity index (χ0n) is 10.1. The van der Waals surface area contributed by atoms with Gasteiger partial charge in [0, 0.05) is 13.1 Å². The Morgan fingerprint density at radius 2 is 2.25 bits per heavy atom. The Labute approximate surface area is 96.5 Å². The van der Waals surface area contributed by atoms with E-state index in [1.807, 2.05) is 19.1 Å². The molecule has 1 heterocycles. The Morgan fingerprint density at radius 1 is 1.50 bits per heavy atom. The highest BCUT2D eigenvalue weighted by Crippen LogP contribution is 2.30. The van der Waals surface area contributed by atoms with Gasteiger partial charge in [-0.2, -0.15) is 0 Å². The van der Waals surface area contributed by atoms with E-state index < -0.39 is 0 Å². The van der Waals surface area contributed by atoms with Crippen LogP contribution in [-0.2, 0) is 4.79 Å². The molecule has 0 aromatic heterocycles. The number of amides is 1. The number of nitrogens with one attached hydrogen (secondary N) is 1. The molecular weight excluding hydrogens is 200 g/mol. The van der Waals surface area contributed by atoms with Crippen molar-refractivity contribution in [3.8, 4) is 0 Å². The van der Waals surface area contributed by atoms with Gasteiger partial charge >= 0.3 is 0 Å². The van der Waals surface area contributed by atoms with Crippen LogP contribution in [0.25, 0.3) is 0 Å². The van der Waals surface area contributed by atoms with Crippen LogP contribution < -0.4 is 10.2 Å². The molecule has 0 saturated carbocycles. The van der Waals surface area contributed by atoms with Crippen LogP contribution in [0.15, 0.2) is 18.2 Å². The van der Waals surface area contributed by atoms with Gasteiger partial charge in [0.25, 0.3) is 0 Å². The maximum absolute atomic E-state index is 11.8. The summed E-state index contributed by atoms with van der Waals surface area (Å²) in [7, 11) is 0. The lowest BCUT2D eigenvalue weighted by molar-refractivity contribution is -0.119. The smallest absolute Gasteiger partial charge is 0.229 e. The number of benzene rings is 1. The first kappa shape index (κ1) is 11.0. The molecular formula is C13H18N2O. The fourth-order valence-corrected chi connectivity index (χ4v) is 2.08. The van der Waals surface area contributed by atoms with Gasteiger partial charge in [0.1, 0.15) is 0 Å². The molecule has 1 amide bonds. The van der Waals surface area contributed by atoms with Gasteiger partial charge in [0.15, 0.2) is 0 Å². The van der Waals surface area contributed by atoms with E-state index in [2.05, 4.69) is 30.1 Å². The molecule has 1 aliphatic rings. The Bertz CT molecular complexity index is 414. The van der Waals surface area contributed by atoms with Crippen molar-refractivity contribution in [2.45, 2.75) is 20.8 Å². The van der Waals surface area contributed by atoms with Crippen molar-refractivity contribution in [1.82, 2.24) is 0 Å². The number of hydrogen-bond donors (Lipinski definition) is 1. The van der Waals surface area contributed by atoms with Gasteiger partial charge in [0.2, 0.25) is 5.91 Å². The van der Waals surface area contributed by atoms with Crippen molar-refractivity contribution in [3.05, 3.63) is 23.8 Å². The van der Waals surface area contributed by atoms with E-state index in [1.54, 1.807) is 0 Å². The van der Waals surface area contributed by atoms with Crippen molar-refractivity contribution < 1.29 is 4.79 Å². The first-order chi connectivity index (χ1) is 7.61. The van der Waals surface area contributed by atoms with Crippen LogP contribution in [0.5, 0.6) is 0 Å². The molecule has 1 unspecified atom stereocenters. The van der Waals surface area contributed by atoms with Crippen LogP contribution >= 0.6 is 0 Å². The lowest BCUT2D eigenvalue weighted by Gasteiger charge is -2.24. The number of anilines is 2. The number of nitrogens with zero attached hydrogens (tertiary/aromatic N) is 1. The first-order valence-corrected chi connectivity index (χ1v) is 5.78. The number of carbonyl (C=O) groups is 1. The van der Waals surface area contributed by atoms with E-state index >= 15 is 0 Å². The fourth-order valence-electron chi connectivity index (χ4n) is 2.08. The maximum atomic E-state index is 11.8. The van der Waals surface area contributed by atoms with Gasteiger partial charge in [0.05, 0.1) is 17.3 Å². The maximum Gasteiger partial charge on any atom is 0.229 e. The minimum Gasteiger partial charge on any atom is -0.369 e. The third-order valence-corrected chi connectivity index (χ3v) is 3.08. The van der Waals surface area contributed by atoms with Crippen LogP contribution in [0, 0.1) is 12.8 Å². The molecule has 1 aliphatic heterocycles. The first-order valence-electron chi connectivity index (χ1n) is 5.78. The van der Waals surface area contributed by atoms with E-state index in [4.69, 9.17) is 0 Å². The molecule has 0 bridgehead atoms. The van der Waals surface area contributed by atoms with E-state index in [1.165, 1.54) is 5.56 Å². The summed E-state index contributed by atoms with van der Waals surface area (Å²) in [5.74, 6) is 0.147. The SMILES string of the molecule is CCN1CC(C)C(=O)Nc2ccc(C)cc21. The standard InChI is InChI=1S/C13H18N2O/c1-4-15-8-10(3)13(16)14-11-6-5-9(2)7-12(11)15/h5-7,10H,4,8H2,1-3H3,(H,14,16). The average molecular weight is 218 g/mol. The Hall–Kier alpha value is -1.51. The van der Waals surface area contributed by atoms with Gasteiger partial charge in [-0.05, 0) is 31.5 Å². The predicted molar refractivity (Wildman–Crippen MR) is 66.9 cm³/mol. The molecule has 86 valence electrons. The monoisotopic (exact) mass is 218 g/mol. The number of fused-ring (bicyclic) bond motifs is 1. The highest BCUT2D eigenvalue weighted by molar-refractivity contribution is 5.97. The minimum absolute atomic E-state index is 0.0349. The Kier molecular flexibility index (Phi) is 2.86. The van der Waals surface area contributed by atoms with Crippen LogP contribution in [0.1, 0.15) is 19.4 Å². The molecule has 0 fully saturated rings. The summed E-state index contributed by atoms with van der Waals surface area (Å²) in [5.41, 5.74) is 3.29. The summed E-state index contributed by atoms with van der Waals surface area (Å²) in [4.78, 5) is 14.0. The quantitative estimate of drug-likeness (QED) is 0.785. The normalized spacial score (nSPS) is 20.1. The van der Waals surface area contributed by atoms with Crippen LogP contribution in [0.2, 0.25) is 0 Å². The van der Waals surface area contributed by atoms with Crippen molar-refractivity contribution in [1.29, 1.82) is 0 Å². The molecule has 0 saturated heterocycles. The van der Waals surface area contributed by atoms with Crippen LogP contribution in [0.4, 0.5) is 11.4 Å². The molecule has 3 heteroatoms. The topological polar surface area (TPSA) is 32.3 Å². The minimum atomic E-state index is 0.0349. The van der Waals surface area contributed by atoms with Crippen LogP contribution in [0.3, 0.4) is 0 Å². The molecule has 0 spiro atoms. The summed E-state index contributed by atoms with van der Waals surface area (Å²) in [6.07, 6.45) is 0. The van der Waals surface area contributed by atoms with Crippen molar-refractivity contribution >= 4 is 17.3 Å². The average Bonchev–Trinajstić information content (AvgIpc) is 2.38. The number of carbonyl (C=O) groups excluding carboxylic acids is 1. The van der Waals surface area contributed by atoms with Gasteiger partial charge < -0.3 is 10.2 Å². The molecule has 1 N–H and O–H groups in total. The molecule has 0 aliphatic carbocycles. The molecule has 16 heavy (non-hydrogen) atoms. The third kappa shape index (κ3) is 1.90. The number of hydrogen-bond acceptors (Lipinski definition) is 2. The number of rotatable bonds is 1. The highest BCUT2D eigenvalue weighted by Gasteiger charge is 2.23. The van der Waals surface area contributed by atoms with Gasteiger partial charge in [-0.25, -0.2) is 0 Å². The molecule has 1 aromatic rings. The largest absolute Gasteiger partial charge is 0.369 e. The second-order valence-corrected chi connectivity index (χ2v) is 4.45. The van der Waals surface area contributed by atoms with E-state index in [-0.39, 0.29) is 11.8 Å².